The summed E-state index contributed by atoms with van der Waals surface area (Å²) in [6, 6.07) is 0.392. The largest absolute Gasteiger partial charge is 0.349 e. The summed E-state index contributed by atoms with van der Waals surface area (Å²) in [7, 11) is 0. The van der Waals surface area contributed by atoms with Crippen LogP contribution in [-0.4, -0.2) is 40.9 Å². The van der Waals surface area contributed by atoms with Crippen molar-refractivity contribution in [3.63, 3.8) is 0 Å². The van der Waals surface area contributed by atoms with Crippen LogP contribution in [0.4, 0.5) is 5.82 Å². The highest BCUT2D eigenvalue weighted by atomic mass is 16.2. The Labute approximate surface area is 98.2 Å². The van der Waals surface area contributed by atoms with Gasteiger partial charge < -0.3 is 10.2 Å². The molecule has 1 aromatic heterocycles. The molecule has 94 valence electrons. The molecule has 7 heteroatoms. The lowest BCUT2D eigenvalue weighted by Crippen LogP contribution is -2.41. The monoisotopic (exact) mass is 239 g/mol. The van der Waals surface area contributed by atoms with E-state index in [4.69, 9.17) is 0 Å². The van der Waals surface area contributed by atoms with E-state index in [1.165, 1.54) is 0 Å². The van der Waals surface area contributed by atoms with Gasteiger partial charge in [0.25, 0.3) is 5.56 Å². The van der Waals surface area contributed by atoms with E-state index in [-0.39, 0.29) is 5.82 Å². The third-order valence-electron chi connectivity index (χ3n) is 2.98. The van der Waals surface area contributed by atoms with Crippen LogP contribution in [0.2, 0.25) is 0 Å². The maximum absolute atomic E-state index is 11.6. The molecule has 0 spiro atoms. The molecule has 1 aliphatic rings. The molecule has 0 amide bonds. The van der Waals surface area contributed by atoms with Gasteiger partial charge in [-0.3, -0.25) is 9.78 Å². The number of H-pyrrole nitrogens is 2. The summed E-state index contributed by atoms with van der Waals surface area (Å²) in [5.41, 5.74) is -1.01. The van der Waals surface area contributed by atoms with E-state index in [1.54, 1.807) is 0 Å². The molecule has 0 radical (unpaired) electrons. The first-order valence-electron chi connectivity index (χ1n) is 5.88. The zero-order chi connectivity index (χ0) is 12.3. The molecule has 0 aliphatic carbocycles. The summed E-state index contributed by atoms with van der Waals surface area (Å²) in [4.78, 5) is 26.6. The van der Waals surface area contributed by atoms with Crippen LogP contribution in [0.1, 0.15) is 19.8 Å². The van der Waals surface area contributed by atoms with Gasteiger partial charge in [-0.2, -0.15) is 0 Å². The van der Waals surface area contributed by atoms with Gasteiger partial charge in [0.15, 0.2) is 0 Å². The van der Waals surface area contributed by atoms with Crippen molar-refractivity contribution in [2.75, 3.05) is 24.5 Å². The molecule has 1 atom stereocenters. The lowest BCUT2D eigenvalue weighted by Gasteiger charge is -2.23. The molecule has 1 unspecified atom stereocenters. The van der Waals surface area contributed by atoms with Crippen molar-refractivity contribution in [3.8, 4) is 0 Å². The fourth-order valence-corrected chi connectivity index (χ4v) is 2.10. The number of nitrogens with zero attached hydrogens (tertiary/aromatic N) is 2. The van der Waals surface area contributed by atoms with E-state index >= 15 is 0 Å². The average Bonchev–Trinajstić information content (AvgIpc) is 2.79. The zero-order valence-corrected chi connectivity index (χ0v) is 9.82. The summed E-state index contributed by atoms with van der Waals surface area (Å²) in [6.07, 6.45) is 2.27. The normalized spacial score (nSPS) is 19.5. The van der Waals surface area contributed by atoms with Crippen molar-refractivity contribution in [2.45, 2.75) is 25.8 Å². The Balaban J connectivity index is 2.16. The average molecular weight is 239 g/mol. The molecule has 0 saturated carbocycles. The van der Waals surface area contributed by atoms with Gasteiger partial charge >= 0.3 is 5.69 Å². The van der Waals surface area contributed by atoms with Crippen molar-refractivity contribution in [2.24, 2.45) is 0 Å². The standard InChI is InChI=1S/C10H17N5O2/c1-2-15(6-7-4-3-5-11-7)8-9(16)12-10(17)14-13-8/h7,11H,2-6H2,1H3,(H2,12,14,16,17). The van der Waals surface area contributed by atoms with Crippen LogP contribution in [0.5, 0.6) is 0 Å². The second-order valence-electron chi connectivity index (χ2n) is 4.16. The molecule has 1 saturated heterocycles. The summed E-state index contributed by atoms with van der Waals surface area (Å²) >= 11 is 0. The number of aromatic amines is 2. The third-order valence-corrected chi connectivity index (χ3v) is 2.98. The maximum atomic E-state index is 11.6. The molecule has 2 rings (SSSR count). The Morgan fingerprint density at radius 1 is 1.47 bits per heavy atom. The molecule has 3 N–H and O–H groups in total. The highest BCUT2D eigenvalue weighted by molar-refractivity contribution is 5.34. The predicted molar refractivity (Wildman–Crippen MR) is 64.4 cm³/mol. The van der Waals surface area contributed by atoms with Gasteiger partial charge in [-0.05, 0) is 26.3 Å². The predicted octanol–water partition coefficient (Wildman–Crippen LogP) is -0.963. The van der Waals surface area contributed by atoms with E-state index in [2.05, 4.69) is 20.5 Å². The van der Waals surface area contributed by atoms with Crippen LogP contribution in [0.25, 0.3) is 0 Å². The van der Waals surface area contributed by atoms with Crippen LogP contribution < -0.4 is 21.5 Å². The van der Waals surface area contributed by atoms with Crippen LogP contribution in [0, 0.1) is 0 Å². The van der Waals surface area contributed by atoms with Crippen molar-refractivity contribution in [3.05, 3.63) is 20.8 Å². The van der Waals surface area contributed by atoms with E-state index in [0.717, 1.165) is 25.9 Å². The van der Waals surface area contributed by atoms with Gasteiger partial charge in [0.05, 0.1) is 0 Å². The van der Waals surface area contributed by atoms with E-state index < -0.39 is 11.2 Å². The van der Waals surface area contributed by atoms with Crippen molar-refractivity contribution >= 4 is 5.82 Å². The molecule has 2 heterocycles. The molecule has 1 aliphatic heterocycles. The quantitative estimate of drug-likeness (QED) is 0.629. The van der Waals surface area contributed by atoms with Gasteiger partial charge in [-0.1, -0.05) is 0 Å². The summed E-state index contributed by atoms with van der Waals surface area (Å²) < 4.78 is 0. The number of nitrogens with one attached hydrogen (secondary N) is 3. The Hall–Kier alpha value is -1.63. The Morgan fingerprint density at radius 2 is 2.29 bits per heavy atom. The van der Waals surface area contributed by atoms with Crippen LogP contribution in [-0.2, 0) is 0 Å². The summed E-state index contributed by atoms with van der Waals surface area (Å²) in [6.45, 7) is 4.40. The molecule has 0 aromatic carbocycles. The second kappa shape index (κ2) is 5.13. The van der Waals surface area contributed by atoms with Gasteiger partial charge in [0, 0.05) is 19.1 Å². The highest BCUT2D eigenvalue weighted by Gasteiger charge is 2.19. The fraction of sp³-hybridized carbons (Fsp3) is 0.700. The first kappa shape index (κ1) is 11.8. The van der Waals surface area contributed by atoms with Crippen LogP contribution in [0.15, 0.2) is 9.59 Å². The number of likely N-dealkylation sites (N-methyl/N-ethyl adjacent to an activating group) is 1. The minimum absolute atomic E-state index is 0.279. The SMILES string of the molecule is CCN(CC1CCCN1)c1n[nH]c(=O)[nH]c1=O. The Morgan fingerprint density at radius 3 is 2.88 bits per heavy atom. The number of hydrogen-bond acceptors (Lipinski definition) is 5. The van der Waals surface area contributed by atoms with E-state index in [1.807, 2.05) is 11.8 Å². The molecule has 7 nitrogen and oxygen atoms in total. The van der Waals surface area contributed by atoms with Crippen LogP contribution in [0.3, 0.4) is 0 Å². The summed E-state index contributed by atoms with van der Waals surface area (Å²) in [5, 5.41) is 9.43. The van der Waals surface area contributed by atoms with Gasteiger partial charge in [-0.25, -0.2) is 9.89 Å². The smallest absolute Gasteiger partial charge is 0.342 e. The molecular weight excluding hydrogens is 222 g/mol. The van der Waals surface area contributed by atoms with Crippen molar-refractivity contribution in [1.82, 2.24) is 20.5 Å². The molecular formula is C10H17N5O2. The fourth-order valence-electron chi connectivity index (χ4n) is 2.10. The van der Waals surface area contributed by atoms with Crippen LogP contribution >= 0.6 is 0 Å². The number of anilines is 1. The first-order chi connectivity index (χ1) is 8.20. The lowest BCUT2D eigenvalue weighted by molar-refractivity contribution is 0.579. The van der Waals surface area contributed by atoms with E-state index in [0.29, 0.717) is 12.6 Å². The topological polar surface area (TPSA) is 93.9 Å². The Bertz CT molecular complexity index is 474. The first-order valence-corrected chi connectivity index (χ1v) is 5.88. The van der Waals surface area contributed by atoms with Gasteiger partial charge in [-0.15, -0.1) is 5.10 Å². The number of aromatic nitrogens is 3. The maximum Gasteiger partial charge on any atom is 0.342 e. The molecule has 17 heavy (non-hydrogen) atoms. The second-order valence-corrected chi connectivity index (χ2v) is 4.16. The zero-order valence-electron chi connectivity index (χ0n) is 9.82. The lowest BCUT2D eigenvalue weighted by atomic mass is 10.2. The number of hydrogen-bond donors (Lipinski definition) is 3. The number of rotatable bonds is 4. The minimum atomic E-state index is -0.575. The molecule has 1 aromatic rings. The summed E-state index contributed by atoms with van der Waals surface area (Å²) in [5.74, 6) is 0.279. The van der Waals surface area contributed by atoms with E-state index in [9.17, 15) is 9.59 Å². The third kappa shape index (κ3) is 2.73. The molecule has 0 bridgehead atoms. The molecule has 1 fully saturated rings. The Kier molecular flexibility index (Phi) is 3.58. The van der Waals surface area contributed by atoms with Crippen molar-refractivity contribution < 1.29 is 0 Å². The van der Waals surface area contributed by atoms with Gasteiger partial charge in [0.1, 0.15) is 0 Å². The van der Waals surface area contributed by atoms with Gasteiger partial charge in [0.2, 0.25) is 5.82 Å². The van der Waals surface area contributed by atoms with Crippen molar-refractivity contribution in [1.29, 1.82) is 0 Å². The minimum Gasteiger partial charge on any atom is -0.349 e. The highest BCUT2D eigenvalue weighted by Crippen LogP contribution is 2.09.